The topological polar surface area (TPSA) is 71.3 Å². The van der Waals surface area contributed by atoms with Crippen LogP contribution in [0.15, 0.2) is 24.3 Å². The Kier molecular flexibility index (Phi) is 4.68. The summed E-state index contributed by atoms with van der Waals surface area (Å²) in [6.07, 6.45) is 0. The molecule has 3 N–H and O–H groups in total. The molecule has 0 aliphatic carbocycles. The SMILES string of the molecule is CC(C)[NH+](CC(N)=O)Cc1cccc(C#N)c1. The van der Waals surface area contributed by atoms with Gasteiger partial charge in [0.05, 0.1) is 17.7 Å². The van der Waals surface area contributed by atoms with E-state index >= 15 is 0 Å². The Bertz CT molecular complexity index is 435. The average Bonchev–Trinajstić information content (AvgIpc) is 2.27. The maximum atomic E-state index is 11.0. The van der Waals surface area contributed by atoms with Gasteiger partial charge in [0, 0.05) is 5.56 Å². The fourth-order valence-electron chi connectivity index (χ4n) is 1.71. The van der Waals surface area contributed by atoms with E-state index in [0.29, 0.717) is 24.7 Å². The maximum Gasteiger partial charge on any atom is 0.272 e. The second-order valence-electron chi connectivity index (χ2n) is 4.44. The van der Waals surface area contributed by atoms with Crippen molar-refractivity contribution < 1.29 is 9.69 Å². The molecule has 4 nitrogen and oxygen atoms in total. The fraction of sp³-hybridized carbons (Fsp3) is 0.385. The minimum atomic E-state index is -0.301. The average molecular weight is 232 g/mol. The van der Waals surface area contributed by atoms with Crippen LogP contribution in [-0.2, 0) is 11.3 Å². The number of carbonyl (C=O) groups excluding carboxylic acids is 1. The lowest BCUT2D eigenvalue weighted by atomic mass is 10.1. The molecule has 1 atom stereocenters. The van der Waals surface area contributed by atoms with Gasteiger partial charge in [-0.15, -0.1) is 0 Å². The number of benzene rings is 1. The van der Waals surface area contributed by atoms with E-state index in [9.17, 15) is 4.79 Å². The molecule has 0 bridgehead atoms. The zero-order valence-electron chi connectivity index (χ0n) is 10.2. The molecule has 0 heterocycles. The van der Waals surface area contributed by atoms with E-state index in [2.05, 4.69) is 6.07 Å². The summed E-state index contributed by atoms with van der Waals surface area (Å²) in [6.45, 7) is 5.11. The summed E-state index contributed by atoms with van der Waals surface area (Å²) in [5.74, 6) is -0.301. The number of nitrogens with zero attached hydrogens (tertiary/aromatic N) is 1. The molecule has 0 fully saturated rings. The highest BCUT2D eigenvalue weighted by atomic mass is 16.1. The van der Waals surface area contributed by atoms with Gasteiger partial charge in [-0.05, 0) is 26.0 Å². The van der Waals surface area contributed by atoms with Crippen LogP contribution in [0.5, 0.6) is 0 Å². The van der Waals surface area contributed by atoms with Gasteiger partial charge in [-0.2, -0.15) is 5.26 Å². The Hall–Kier alpha value is -1.86. The van der Waals surface area contributed by atoms with E-state index in [4.69, 9.17) is 11.0 Å². The molecule has 4 heteroatoms. The first kappa shape index (κ1) is 13.2. The summed E-state index contributed by atoms with van der Waals surface area (Å²) in [5.41, 5.74) is 6.92. The molecule has 17 heavy (non-hydrogen) atoms. The monoisotopic (exact) mass is 232 g/mol. The predicted octanol–water partition coefficient (Wildman–Crippen LogP) is -0.163. The second-order valence-corrected chi connectivity index (χ2v) is 4.44. The smallest absolute Gasteiger partial charge is 0.272 e. The number of hydrogen-bond donors (Lipinski definition) is 2. The van der Waals surface area contributed by atoms with Gasteiger partial charge >= 0.3 is 0 Å². The second kappa shape index (κ2) is 6.02. The number of nitriles is 1. The summed E-state index contributed by atoms with van der Waals surface area (Å²) in [5, 5.41) is 8.82. The third-order valence-corrected chi connectivity index (χ3v) is 2.71. The fourth-order valence-corrected chi connectivity index (χ4v) is 1.71. The molecule has 1 aromatic carbocycles. The first-order valence-corrected chi connectivity index (χ1v) is 5.65. The van der Waals surface area contributed by atoms with Gasteiger partial charge in [0.1, 0.15) is 6.54 Å². The minimum absolute atomic E-state index is 0.301. The lowest BCUT2D eigenvalue weighted by Crippen LogP contribution is -3.14. The number of nitrogens with one attached hydrogen (secondary N) is 1. The maximum absolute atomic E-state index is 11.0. The largest absolute Gasteiger partial charge is 0.365 e. The first-order valence-electron chi connectivity index (χ1n) is 5.65. The van der Waals surface area contributed by atoms with Crippen molar-refractivity contribution in [3.8, 4) is 6.07 Å². The van der Waals surface area contributed by atoms with Crippen LogP contribution in [-0.4, -0.2) is 18.5 Å². The van der Waals surface area contributed by atoms with E-state index in [1.807, 2.05) is 32.0 Å². The van der Waals surface area contributed by atoms with Crippen LogP contribution >= 0.6 is 0 Å². The molecule has 90 valence electrons. The number of carbonyl (C=O) groups is 1. The Labute approximate surface area is 102 Å². The van der Waals surface area contributed by atoms with Crippen LogP contribution < -0.4 is 10.6 Å². The number of hydrogen-bond acceptors (Lipinski definition) is 2. The lowest BCUT2D eigenvalue weighted by Gasteiger charge is -2.22. The van der Waals surface area contributed by atoms with Crippen molar-refractivity contribution in [3.05, 3.63) is 35.4 Å². The van der Waals surface area contributed by atoms with Crippen LogP contribution in [0, 0.1) is 11.3 Å². The summed E-state index contributed by atoms with van der Waals surface area (Å²) >= 11 is 0. The predicted molar refractivity (Wildman–Crippen MR) is 65.0 cm³/mol. The van der Waals surface area contributed by atoms with E-state index in [-0.39, 0.29) is 5.91 Å². The first-order chi connectivity index (χ1) is 8.02. The van der Waals surface area contributed by atoms with Gasteiger partial charge in [-0.25, -0.2) is 0 Å². The summed E-state index contributed by atoms with van der Waals surface area (Å²) in [6, 6.07) is 9.86. The van der Waals surface area contributed by atoms with Gasteiger partial charge in [0.25, 0.3) is 5.91 Å². The molecule has 0 saturated carbocycles. The molecule has 0 saturated heterocycles. The zero-order chi connectivity index (χ0) is 12.8. The molecule has 0 radical (unpaired) electrons. The number of nitrogens with two attached hydrogens (primary N) is 1. The molecule has 1 unspecified atom stereocenters. The number of primary amides is 1. The van der Waals surface area contributed by atoms with Crippen LogP contribution in [0.25, 0.3) is 0 Å². The highest BCUT2D eigenvalue weighted by Crippen LogP contribution is 2.02. The Morgan fingerprint density at radius 1 is 1.53 bits per heavy atom. The highest BCUT2D eigenvalue weighted by Gasteiger charge is 2.16. The van der Waals surface area contributed by atoms with E-state index < -0.39 is 0 Å². The normalized spacial score (nSPS) is 12.1. The minimum Gasteiger partial charge on any atom is -0.365 e. The van der Waals surface area contributed by atoms with Crippen LogP contribution in [0.1, 0.15) is 25.0 Å². The molecular weight excluding hydrogens is 214 g/mol. The van der Waals surface area contributed by atoms with Gasteiger partial charge < -0.3 is 10.6 Å². The molecule has 1 rings (SSSR count). The number of quaternary nitrogens is 1. The molecule has 1 amide bonds. The molecule has 0 aromatic heterocycles. The highest BCUT2D eigenvalue weighted by molar-refractivity contribution is 5.74. The Balaban J connectivity index is 2.79. The Morgan fingerprint density at radius 3 is 2.76 bits per heavy atom. The van der Waals surface area contributed by atoms with Crippen LogP contribution in [0.2, 0.25) is 0 Å². The third-order valence-electron chi connectivity index (χ3n) is 2.71. The molecular formula is C13H18N3O+. The standard InChI is InChI=1S/C13H17N3O/c1-10(2)16(9-13(15)17)8-12-5-3-4-11(6-12)7-14/h3-6,10H,8-9H2,1-2H3,(H2,15,17)/p+1. The van der Waals surface area contributed by atoms with Gasteiger partial charge in [0.15, 0.2) is 6.54 Å². The van der Waals surface area contributed by atoms with Crippen molar-refractivity contribution in [3.63, 3.8) is 0 Å². The van der Waals surface area contributed by atoms with E-state index in [1.165, 1.54) is 0 Å². The van der Waals surface area contributed by atoms with Crippen LogP contribution in [0.3, 0.4) is 0 Å². The van der Waals surface area contributed by atoms with Crippen LogP contribution in [0.4, 0.5) is 0 Å². The molecule has 0 aliphatic heterocycles. The van der Waals surface area contributed by atoms with Crippen molar-refractivity contribution in [2.75, 3.05) is 6.54 Å². The third kappa shape index (κ3) is 4.25. The molecule has 0 spiro atoms. The zero-order valence-corrected chi connectivity index (χ0v) is 10.2. The van der Waals surface area contributed by atoms with Crippen molar-refractivity contribution in [1.29, 1.82) is 5.26 Å². The van der Waals surface area contributed by atoms with Crippen molar-refractivity contribution in [2.45, 2.75) is 26.4 Å². The number of rotatable bonds is 5. The van der Waals surface area contributed by atoms with Crippen molar-refractivity contribution in [2.24, 2.45) is 5.73 Å². The van der Waals surface area contributed by atoms with Gasteiger partial charge in [-0.3, -0.25) is 4.79 Å². The van der Waals surface area contributed by atoms with Crippen molar-refractivity contribution >= 4 is 5.91 Å². The van der Waals surface area contributed by atoms with E-state index in [0.717, 1.165) is 10.5 Å². The Morgan fingerprint density at radius 2 is 2.24 bits per heavy atom. The van der Waals surface area contributed by atoms with Crippen molar-refractivity contribution in [1.82, 2.24) is 0 Å². The van der Waals surface area contributed by atoms with Gasteiger partial charge in [-0.1, -0.05) is 12.1 Å². The molecule has 0 aliphatic rings. The number of amides is 1. The lowest BCUT2D eigenvalue weighted by molar-refractivity contribution is -0.927. The molecule has 1 aromatic rings. The summed E-state index contributed by atoms with van der Waals surface area (Å²) in [7, 11) is 0. The van der Waals surface area contributed by atoms with Gasteiger partial charge in [0.2, 0.25) is 0 Å². The quantitative estimate of drug-likeness (QED) is 0.740. The summed E-state index contributed by atoms with van der Waals surface area (Å²) in [4.78, 5) is 12.1. The van der Waals surface area contributed by atoms with E-state index in [1.54, 1.807) is 6.07 Å². The summed E-state index contributed by atoms with van der Waals surface area (Å²) < 4.78 is 0.